The Labute approximate surface area is 190 Å². The van der Waals surface area contributed by atoms with E-state index in [0.29, 0.717) is 39.0 Å². The number of nitrogens with one attached hydrogen (secondary N) is 1. The number of piperazine rings is 1. The minimum atomic E-state index is -0.826. The molecule has 0 aromatic heterocycles. The first-order valence-electron chi connectivity index (χ1n) is 11.1. The van der Waals surface area contributed by atoms with Gasteiger partial charge < -0.3 is 14.5 Å². The van der Waals surface area contributed by atoms with Crippen LogP contribution < -0.4 is 15.1 Å². The van der Waals surface area contributed by atoms with Gasteiger partial charge in [0, 0.05) is 37.9 Å². The van der Waals surface area contributed by atoms with E-state index in [1.54, 1.807) is 10.4 Å². The van der Waals surface area contributed by atoms with E-state index in [9.17, 15) is 23.6 Å². The fraction of sp³-hybridized carbons (Fsp3) is 0.417. The Kier molecular flexibility index (Phi) is 7.08. The van der Waals surface area contributed by atoms with E-state index >= 15 is 0 Å². The minimum Gasteiger partial charge on any atom is -0.487 e. The summed E-state index contributed by atoms with van der Waals surface area (Å²) in [5.41, 5.74) is 2.76. The number of hydrogen-bond donors (Lipinski definition) is 2. The molecule has 2 aromatic rings. The first-order valence-corrected chi connectivity index (χ1v) is 11.1. The van der Waals surface area contributed by atoms with E-state index in [1.165, 1.54) is 6.07 Å². The Bertz CT molecular complexity index is 983. The van der Waals surface area contributed by atoms with E-state index in [-0.39, 0.29) is 18.1 Å². The standard InChI is InChI=1S/C24H27F2N3O4/c25-16-6-9-22(21(26)14-16)33-18-7-8-19(20(15-18)23(30)27-32)24(31)29-12-10-28(11-13-29)17-4-2-1-3-5-17/h1-6,9,14,18-20,32H,7-8,10-13,15H2,(H,27,30)/t18-,19+,20+/m1/s1. The van der Waals surface area contributed by atoms with Crippen molar-refractivity contribution in [3.8, 4) is 5.75 Å². The summed E-state index contributed by atoms with van der Waals surface area (Å²) in [7, 11) is 0. The number of ether oxygens (including phenoxy) is 1. The van der Waals surface area contributed by atoms with Crippen molar-refractivity contribution in [2.45, 2.75) is 25.4 Å². The largest absolute Gasteiger partial charge is 0.487 e. The zero-order valence-electron chi connectivity index (χ0n) is 18.1. The third kappa shape index (κ3) is 5.24. The summed E-state index contributed by atoms with van der Waals surface area (Å²) in [5, 5.41) is 9.23. The number of anilines is 1. The topological polar surface area (TPSA) is 82.1 Å². The van der Waals surface area contributed by atoms with Crippen LogP contribution in [0.4, 0.5) is 14.5 Å². The zero-order chi connectivity index (χ0) is 23.4. The fourth-order valence-electron chi connectivity index (χ4n) is 4.72. The van der Waals surface area contributed by atoms with Crippen molar-refractivity contribution in [1.29, 1.82) is 0 Å². The third-order valence-electron chi connectivity index (χ3n) is 6.47. The monoisotopic (exact) mass is 459 g/mol. The second kappa shape index (κ2) is 10.2. The van der Waals surface area contributed by atoms with Crippen LogP contribution in [0.1, 0.15) is 19.3 Å². The van der Waals surface area contributed by atoms with Crippen LogP contribution in [0.2, 0.25) is 0 Å². The molecule has 9 heteroatoms. The quantitative estimate of drug-likeness (QED) is 0.531. The Hall–Kier alpha value is -3.20. The van der Waals surface area contributed by atoms with Crippen molar-refractivity contribution < 1.29 is 28.3 Å². The lowest BCUT2D eigenvalue weighted by Gasteiger charge is -2.40. The number of amides is 2. The van der Waals surface area contributed by atoms with Gasteiger partial charge in [-0.15, -0.1) is 0 Å². The van der Waals surface area contributed by atoms with Crippen LogP contribution in [0, 0.1) is 23.5 Å². The highest BCUT2D eigenvalue weighted by molar-refractivity contribution is 5.87. The van der Waals surface area contributed by atoms with Gasteiger partial charge in [-0.25, -0.2) is 14.3 Å². The molecule has 1 saturated carbocycles. The molecule has 2 amide bonds. The van der Waals surface area contributed by atoms with Crippen molar-refractivity contribution in [2.75, 3.05) is 31.1 Å². The molecule has 1 heterocycles. The summed E-state index contributed by atoms with van der Waals surface area (Å²) in [4.78, 5) is 29.7. The molecule has 0 unspecified atom stereocenters. The van der Waals surface area contributed by atoms with Gasteiger partial charge in [0.15, 0.2) is 11.6 Å². The average molecular weight is 459 g/mol. The summed E-state index contributed by atoms with van der Waals surface area (Å²) in [6, 6.07) is 13.0. The van der Waals surface area contributed by atoms with Crippen LogP contribution in [0.3, 0.4) is 0 Å². The number of hydrogen-bond acceptors (Lipinski definition) is 5. The molecular weight excluding hydrogens is 432 g/mol. The van der Waals surface area contributed by atoms with Crippen molar-refractivity contribution in [2.24, 2.45) is 11.8 Å². The Morgan fingerprint density at radius 1 is 0.970 bits per heavy atom. The van der Waals surface area contributed by atoms with Crippen LogP contribution in [0.15, 0.2) is 48.5 Å². The number of hydroxylamine groups is 1. The zero-order valence-corrected chi connectivity index (χ0v) is 18.1. The Balaban J connectivity index is 1.39. The molecule has 33 heavy (non-hydrogen) atoms. The molecule has 2 N–H and O–H groups in total. The molecule has 3 atom stereocenters. The highest BCUT2D eigenvalue weighted by Gasteiger charge is 2.42. The van der Waals surface area contributed by atoms with Crippen molar-refractivity contribution in [3.05, 3.63) is 60.2 Å². The van der Waals surface area contributed by atoms with E-state index in [4.69, 9.17) is 4.74 Å². The molecule has 2 fully saturated rings. The van der Waals surface area contributed by atoms with Gasteiger partial charge >= 0.3 is 0 Å². The molecule has 1 saturated heterocycles. The van der Waals surface area contributed by atoms with E-state index in [0.717, 1.165) is 17.8 Å². The third-order valence-corrected chi connectivity index (χ3v) is 6.47. The molecule has 4 rings (SSSR count). The van der Waals surface area contributed by atoms with Gasteiger partial charge in [0.2, 0.25) is 11.8 Å². The smallest absolute Gasteiger partial charge is 0.247 e. The number of carbonyl (C=O) groups excluding carboxylic acids is 2. The Morgan fingerprint density at radius 2 is 1.70 bits per heavy atom. The van der Waals surface area contributed by atoms with Crippen LogP contribution in [0.25, 0.3) is 0 Å². The molecule has 1 aliphatic heterocycles. The van der Waals surface area contributed by atoms with Gasteiger partial charge in [-0.2, -0.15) is 0 Å². The number of rotatable bonds is 5. The molecular formula is C24H27F2N3O4. The van der Waals surface area contributed by atoms with Crippen LogP contribution in [-0.2, 0) is 9.59 Å². The first kappa shape index (κ1) is 23.0. The highest BCUT2D eigenvalue weighted by Crippen LogP contribution is 2.35. The number of nitrogens with zero attached hydrogens (tertiary/aromatic N) is 2. The average Bonchev–Trinajstić information content (AvgIpc) is 2.85. The molecule has 2 aromatic carbocycles. The molecule has 1 aliphatic carbocycles. The maximum absolute atomic E-state index is 14.0. The van der Waals surface area contributed by atoms with Crippen molar-refractivity contribution in [1.82, 2.24) is 10.4 Å². The lowest BCUT2D eigenvalue weighted by Crippen LogP contribution is -2.53. The summed E-state index contributed by atoms with van der Waals surface area (Å²) >= 11 is 0. The van der Waals surface area contributed by atoms with E-state index < -0.39 is 35.5 Å². The Morgan fingerprint density at radius 3 is 2.36 bits per heavy atom. The minimum absolute atomic E-state index is 0.105. The van der Waals surface area contributed by atoms with Gasteiger partial charge in [0.25, 0.3) is 0 Å². The predicted molar refractivity (Wildman–Crippen MR) is 117 cm³/mol. The van der Waals surface area contributed by atoms with Gasteiger partial charge in [-0.1, -0.05) is 18.2 Å². The second-order valence-corrected chi connectivity index (χ2v) is 8.46. The normalized spacial score (nSPS) is 23.2. The summed E-state index contributed by atoms with van der Waals surface area (Å²) < 4.78 is 32.8. The maximum Gasteiger partial charge on any atom is 0.247 e. The maximum atomic E-state index is 14.0. The molecule has 2 aliphatic rings. The second-order valence-electron chi connectivity index (χ2n) is 8.46. The molecule has 0 radical (unpaired) electrons. The van der Waals surface area contributed by atoms with Crippen molar-refractivity contribution >= 4 is 17.5 Å². The lowest BCUT2D eigenvalue weighted by molar-refractivity contribution is -0.148. The van der Waals surface area contributed by atoms with E-state index in [1.807, 2.05) is 30.3 Å². The van der Waals surface area contributed by atoms with Crippen LogP contribution in [0.5, 0.6) is 5.75 Å². The summed E-state index contributed by atoms with van der Waals surface area (Å²) in [5.74, 6) is -3.83. The lowest BCUT2D eigenvalue weighted by atomic mass is 9.76. The molecule has 7 nitrogen and oxygen atoms in total. The number of halogens is 2. The van der Waals surface area contributed by atoms with Gasteiger partial charge in [0.1, 0.15) is 5.82 Å². The fourth-order valence-corrected chi connectivity index (χ4v) is 4.72. The number of carbonyl (C=O) groups is 2. The van der Waals surface area contributed by atoms with Gasteiger partial charge in [-0.3, -0.25) is 14.8 Å². The number of benzene rings is 2. The van der Waals surface area contributed by atoms with Gasteiger partial charge in [-0.05, 0) is 43.5 Å². The highest BCUT2D eigenvalue weighted by atomic mass is 19.1. The van der Waals surface area contributed by atoms with Gasteiger partial charge in [0.05, 0.1) is 17.9 Å². The molecule has 176 valence electrons. The van der Waals surface area contributed by atoms with E-state index in [2.05, 4.69) is 4.90 Å². The SMILES string of the molecule is O=C(NO)[C@H]1C[C@H](Oc2ccc(F)cc2F)CC[C@@H]1C(=O)N1CCN(c2ccccc2)CC1. The number of para-hydroxylation sites is 1. The molecule has 0 spiro atoms. The summed E-state index contributed by atoms with van der Waals surface area (Å²) in [6.07, 6.45) is 0.408. The van der Waals surface area contributed by atoms with Crippen molar-refractivity contribution in [3.63, 3.8) is 0 Å². The first-order chi connectivity index (χ1) is 16.0. The van der Waals surface area contributed by atoms with Crippen LogP contribution in [-0.4, -0.2) is 54.2 Å². The van der Waals surface area contributed by atoms with Crippen LogP contribution >= 0.6 is 0 Å². The summed E-state index contributed by atoms with van der Waals surface area (Å²) in [6.45, 7) is 2.46. The molecule has 0 bridgehead atoms. The predicted octanol–water partition coefficient (Wildman–Crippen LogP) is 2.98.